The molecule has 0 spiro atoms. The van der Waals surface area contributed by atoms with Crippen LogP contribution >= 0.6 is 0 Å². The molecule has 0 radical (unpaired) electrons. The molecular formula is C6H8N4O3. The van der Waals surface area contributed by atoms with E-state index in [9.17, 15) is 10.1 Å². The highest BCUT2D eigenvalue weighted by Crippen LogP contribution is 2.27. The molecule has 0 aliphatic rings. The van der Waals surface area contributed by atoms with Crippen molar-refractivity contribution in [2.75, 3.05) is 12.3 Å². The summed E-state index contributed by atoms with van der Waals surface area (Å²) in [6, 6.07) is 0. The summed E-state index contributed by atoms with van der Waals surface area (Å²) in [6.07, 6.45) is 1.12. The van der Waals surface area contributed by atoms with Crippen molar-refractivity contribution in [3.05, 3.63) is 16.4 Å². The van der Waals surface area contributed by atoms with E-state index in [1.165, 1.54) is 0 Å². The van der Waals surface area contributed by atoms with Crippen molar-refractivity contribution in [1.29, 1.82) is 0 Å². The van der Waals surface area contributed by atoms with Crippen LogP contribution in [0.3, 0.4) is 0 Å². The first kappa shape index (κ1) is 9.17. The maximum atomic E-state index is 10.5. The van der Waals surface area contributed by atoms with Crippen molar-refractivity contribution in [1.82, 2.24) is 9.97 Å². The summed E-state index contributed by atoms with van der Waals surface area (Å²) in [5, 5.41) is 10.5. The van der Waals surface area contributed by atoms with Crippen LogP contribution in [0.15, 0.2) is 6.33 Å². The molecule has 13 heavy (non-hydrogen) atoms. The van der Waals surface area contributed by atoms with E-state index in [1.807, 2.05) is 0 Å². The molecule has 0 bridgehead atoms. The number of rotatable bonds is 3. The molecular weight excluding hydrogens is 176 g/mol. The molecule has 70 valence electrons. The lowest BCUT2D eigenvalue weighted by Gasteiger charge is -2.02. The van der Waals surface area contributed by atoms with Gasteiger partial charge in [0.25, 0.3) is 5.88 Å². The number of nitrogens with zero attached hydrogens (tertiary/aromatic N) is 3. The second-order valence-electron chi connectivity index (χ2n) is 2.10. The molecule has 0 atom stereocenters. The van der Waals surface area contributed by atoms with Gasteiger partial charge in [0.1, 0.15) is 6.33 Å². The third-order valence-electron chi connectivity index (χ3n) is 1.28. The first-order chi connectivity index (χ1) is 6.16. The summed E-state index contributed by atoms with van der Waals surface area (Å²) in [7, 11) is 0. The highest BCUT2D eigenvalue weighted by molar-refractivity contribution is 5.57. The normalized spacial score (nSPS) is 9.62. The number of ether oxygens (including phenoxy) is 1. The smallest absolute Gasteiger partial charge is 0.372 e. The molecule has 0 amide bonds. The first-order valence-corrected chi connectivity index (χ1v) is 3.54. The minimum absolute atomic E-state index is 0.0972. The lowest BCUT2D eigenvalue weighted by molar-refractivity contribution is -0.385. The predicted octanol–water partition coefficient (Wildman–Crippen LogP) is 0.366. The second-order valence-corrected chi connectivity index (χ2v) is 2.10. The van der Waals surface area contributed by atoms with Crippen molar-refractivity contribution in [3.8, 4) is 5.88 Å². The molecule has 0 saturated heterocycles. The molecule has 0 aromatic carbocycles. The number of anilines is 1. The summed E-state index contributed by atoms with van der Waals surface area (Å²) in [5.41, 5.74) is 4.89. The zero-order chi connectivity index (χ0) is 9.84. The topological polar surface area (TPSA) is 104 Å². The van der Waals surface area contributed by atoms with Gasteiger partial charge in [-0.05, 0) is 6.92 Å². The Balaban J connectivity index is 3.17. The van der Waals surface area contributed by atoms with Gasteiger partial charge in [-0.2, -0.15) is 4.98 Å². The van der Waals surface area contributed by atoms with Crippen molar-refractivity contribution < 1.29 is 9.66 Å². The largest absolute Gasteiger partial charge is 0.473 e. The number of hydrogen-bond donors (Lipinski definition) is 1. The third-order valence-corrected chi connectivity index (χ3v) is 1.28. The van der Waals surface area contributed by atoms with Gasteiger partial charge in [-0.25, -0.2) is 4.98 Å². The lowest BCUT2D eigenvalue weighted by atomic mass is 10.5. The second kappa shape index (κ2) is 3.65. The summed E-state index contributed by atoms with van der Waals surface area (Å²) in [6.45, 7) is 1.99. The van der Waals surface area contributed by atoms with Gasteiger partial charge >= 0.3 is 5.69 Å². The van der Waals surface area contributed by atoms with Gasteiger partial charge in [0.15, 0.2) is 0 Å². The van der Waals surface area contributed by atoms with Crippen LogP contribution in [0.4, 0.5) is 11.5 Å². The SMILES string of the molecule is CCOc1ncnc(N)c1[N+](=O)[O-]. The number of nitrogen functional groups attached to an aromatic ring is 1. The van der Waals surface area contributed by atoms with Crippen LogP contribution in [0.25, 0.3) is 0 Å². The summed E-state index contributed by atoms with van der Waals surface area (Å²) < 4.78 is 4.91. The van der Waals surface area contributed by atoms with Crippen LogP contribution in [-0.2, 0) is 0 Å². The molecule has 1 aromatic rings. The van der Waals surface area contributed by atoms with E-state index in [1.54, 1.807) is 6.92 Å². The molecule has 0 aliphatic carbocycles. The Morgan fingerprint density at radius 3 is 2.92 bits per heavy atom. The molecule has 7 nitrogen and oxygen atoms in total. The molecule has 2 N–H and O–H groups in total. The van der Waals surface area contributed by atoms with Crippen LogP contribution < -0.4 is 10.5 Å². The molecule has 0 aliphatic heterocycles. The minimum Gasteiger partial charge on any atom is -0.473 e. The van der Waals surface area contributed by atoms with E-state index in [0.717, 1.165) is 6.33 Å². The Morgan fingerprint density at radius 1 is 1.69 bits per heavy atom. The van der Waals surface area contributed by atoms with Gasteiger partial charge in [-0.15, -0.1) is 0 Å². The number of nitro groups is 1. The van der Waals surface area contributed by atoms with Crippen molar-refractivity contribution in [2.45, 2.75) is 6.92 Å². The lowest BCUT2D eigenvalue weighted by Crippen LogP contribution is -2.04. The maximum absolute atomic E-state index is 10.5. The van der Waals surface area contributed by atoms with Gasteiger partial charge in [-0.3, -0.25) is 10.1 Å². The van der Waals surface area contributed by atoms with E-state index in [4.69, 9.17) is 10.5 Å². The number of nitrogens with two attached hydrogens (primary N) is 1. The van der Waals surface area contributed by atoms with E-state index in [0.29, 0.717) is 0 Å². The average molecular weight is 184 g/mol. The Kier molecular flexibility index (Phi) is 2.58. The molecule has 1 aromatic heterocycles. The fraction of sp³-hybridized carbons (Fsp3) is 0.333. The molecule has 0 saturated carbocycles. The molecule has 0 fully saturated rings. The molecule has 1 rings (SSSR count). The van der Waals surface area contributed by atoms with E-state index in [2.05, 4.69) is 9.97 Å². The Hall–Kier alpha value is -1.92. The summed E-state index contributed by atoms with van der Waals surface area (Å²) in [4.78, 5) is 16.9. The zero-order valence-electron chi connectivity index (χ0n) is 6.93. The fourth-order valence-electron chi connectivity index (χ4n) is 0.789. The highest BCUT2D eigenvalue weighted by Gasteiger charge is 2.21. The Morgan fingerprint density at radius 2 is 2.38 bits per heavy atom. The monoisotopic (exact) mass is 184 g/mol. The highest BCUT2D eigenvalue weighted by atomic mass is 16.6. The van der Waals surface area contributed by atoms with Crippen LogP contribution in [0, 0.1) is 10.1 Å². The van der Waals surface area contributed by atoms with Gasteiger partial charge in [0.05, 0.1) is 11.5 Å². The van der Waals surface area contributed by atoms with Crippen molar-refractivity contribution in [2.24, 2.45) is 0 Å². The Bertz CT molecular complexity index is 328. The standard InChI is InChI=1S/C6H8N4O3/c1-2-13-6-4(10(11)12)5(7)8-3-9-6/h3H,2H2,1H3,(H2,7,8,9). The summed E-state index contributed by atoms with van der Waals surface area (Å²) >= 11 is 0. The minimum atomic E-state index is -0.666. The van der Waals surface area contributed by atoms with Gasteiger partial charge in [0, 0.05) is 0 Å². The fourth-order valence-corrected chi connectivity index (χ4v) is 0.789. The van der Waals surface area contributed by atoms with Gasteiger partial charge < -0.3 is 10.5 Å². The van der Waals surface area contributed by atoms with Crippen molar-refractivity contribution >= 4 is 11.5 Å². The van der Waals surface area contributed by atoms with E-state index < -0.39 is 4.92 Å². The number of aromatic nitrogens is 2. The molecule has 1 heterocycles. The molecule has 0 unspecified atom stereocenters. The average Bonchev–Trinajstić information content (AvgIpc) is 2.04. The predicted molar refractivity (Wildman–Crippen MR) is 44.3 cm³/mol. The van der Waals surface area contributed by atoms with Crippen LogP contribution in [0.2, 0.25) is 0 Å². The van der Waals surface area contributed by atoms with Gasteiger partial charge in [0.2, 0.25) is 5.82 Å². The zero-order valence-corrected chi connectivity index (χ0v) is 6.93. The van der Waals surface area contributed by atoms with Crippen LogP contribution in [-0.4, -0.2) is 21.5 Å². The summed E-state index contributed by atoms with van der Waals surface area (Å²) in [5.74, 6) is -0.288. The quantitative estimate of drug-likeness (QED) is 0.537. The Labute approximate surface area is 73.7 Å². The number of hydrogen-bond acceptors (Lipinski definition) is 6. The van der Waals surface area contributed by atoms with E-state index >= 15 is 0 Å². The van der Waals surface area contributed by atoms with Crippen LogP contribution in [0.5, 0.6) is 5.88 Å². The third kappa shape index (κ3) is 1.81. The first-order valence-electron chi connectivity index (χ1n) is 3.54. The maximum Gasteiger partial charge on any atom is 0.372 e. The molecule has 7 heteroatoms. The van der Waals surface area contributed by atoms with Crippen LogP contribution in [0.1, 0.15) is 6.92 Å². The van der Waals surface area contributed by atoms with Gasteiger partial charge in [-0.1, -0.05) is 0 Å². The van der Waals surface area contributed by atoms with Crippen molar-refractivity contribution in [3.63, 3.8) is 0 Å². The van der Waals surface area contributed by atoms with E-state index in [-0.39, 0.29) is 24.0 Å².